The Bertz CT molecular complexity index is 666. The molecule has 1 heterocycles. The van der Waals surface area contributed by atoms with Crippen molar-refractivity contribution in [3.8, 4) is 0 Å². The molecule has 2 nitrogen and oxygen atoms in total. The van der Waals surface area contributed by atoms with Crippen LogP contribution in [0.5, 0.6) is 0 Å². The van der Waals surface area contributed by atoms with Gasteiger partial charge >= 0.3 is 0 Å². The molecule has 1 aliphatic rings. The third-order valence-electron chi connectivity index (χ3n) is 3.69. The summed E-state index contributed by atoms with van der Waals surface area (Å²) in [5.41, 5.74) is 4.36. The Kier molecular flexibility index (Phi) is 4.09. The number of amides is 1. The van der Waals surface area contributed by atoms with Crippen molar-refractivity contribution < 1.29 is 4.79 Å². The van der Waals surface area contributed by atoms with E-state index in [0.717, 1.165) is 27.7 Å². The SMILES string of the molecule is Cc1cc(Br)cc(C)c1NC(=O)C1Cc2ccccc2S1. The number of anilines is 1. The van der Waals surface area contributed by atoms with Gasteiger partial charge in [-0.1, -0.05) is 34.1 Å². The van der Waals surface area contributed by atoms with Crippen LogP contribution >= 0.6 is 27.7 Å². The number of nitrogens with one attached hydrogen (secondary N) is 1. The molecule has 1 aliphatic heterocycles. The minimum atomic E-state index is -0.0372. The molecule has 2 aromatic rings. The Morgan fingerprint density at radius 3 is 2.57 bits per heavy atom. The number of carbonyl (C=O) groups excluding carboxylic acids is 1. The molecule has 0 aliphatic carbocycles. The summed E-state index contributed by atoms with van der Waals surface area (Å²) in [6.45, 7) is 4.04. The summed E-state index contributed by atoms with van der Waals surface area (Å²) in [4.78, 5) is 13.8. The van der Waals surface area contributed by atoms with Crippen molar-refractivity contribution in [2.75, 3.05) is 5.32 Å². The van der Waals surface area contributed by atoms with Gasteiger partial charge in [0, 0.05) is 15.1 Å². The zero-order valence-corrected chi connectivity index (χ0v) is 14.3. The molecule has 0 saturated carbocycles. The lowest BCUT2D eigenvalue weighted by atomic mass is 10.1. The van der Waals surface area contributed by atoms with Gasteiger partial charge in [-0.2, -0.15) is 0 Å². The summed E-state index contributed by atoms with van der Waals surface area (Å²) in [5.74, 6) is 0.0877. The highest BCUT2D eigenvalue weighted by molar-refractivity contribution is 9.10. The van der Waals surface area contributed by atoms with E-state index in [2.05, 4.69) is 33.4 Å². The van der Waals surface area contributed by atoms with E-state index in [1.807, 2.05) is 38.1 Å². The molecular formula is C17H16BrNOS. The molecule has 0 aromatic heterocycles. The standard InChI is InChI=1S/C17H16BrNOS/c1-10-7-13(18)8-11(2)16(10)19-17(20)15-9-12-5-3-4-6-14(12)21-15/h3-8,15H,9H2,1-2H3,(H,19,20). The monoisotopic (exact) mass is 361 g/mol. The van der Waals surface area contributed by atoms with Crippen LogP contribution < -0.4 is 5.32 Å². The highest BCUT2D eigenvalue weighted by atomic mass is 79.9. The molecule has 0 radical (unpaired) electrons. The molecule has 1 amide bonds. The number of carbonyl (C=O) groups is 1. The summed E-state index contributed by atoms with van der Waals surface area (Å²) in [6, 6.07) is 12.3. The lowest BCUT2D eigenvalue weighted by Crippen LogP contribution is -2.25. The Hall–Kier alpha value is -1.26. The van der Waals surface area contributed by atoms with E-state index in [1.54, 1.807) is 11.8 Å². The minimum Gasteiger partial charge on any atom is -0.325 e. The Morgan fingerprint density at radius 2 is 1.90 bits per heavy atom. The normalized spacial score (nSPS) is 16.6. The molecule has 0 spiro atoms. The number of aryl methyl sites for hydroxylation is 2. The van der Waals surface area contributed by atoms with Gasteiger partial charge in [0.2, 0.25) is 5.91 Å². The molecule has 2 aromatic carbocycles. The molecule has 0 fully saturated rings. The van der Waals surface area contributed by atoms with Gasteiger partial charge in [0.25, 0.3) is 0 Å². The first kappa shape index (κ1) is 14.7. The predicted molar refractivity (Wildman–Crippen MR) is 92.0 cm³/mol. The van der Waals surface area contributed by atoms with E-state index >= 15 is 0 Å². The van der Waals surface area contributed by atoms with Gasteiger partial charge in [0.05, 0.1) is 5.25 Å². The minimum absolute atomic E-state index is 0.0372. The van der Waals surface area contributed by atoms with E-state index in [1.165, 1.54) is 10.5 Å². The lowest BCUT2D eigenvalue weighted by molar-refractivity contribution is -0.115. The Balaban J connectivity index is 1.77. The third-order valence-corrected chi connectivity index (χ3v) is 5.46. The van der Waals surface area contributed by atoms with Gasteiger partial charge in [-0.25, -0.2) is 0 Å². The van der Waals surface area contributed by atoms with Gasteiger partial charge in [-0.15, -0.1) is 11.8 Å². The molecule has 1 N–H and O–H groups in total. The fourth-order valence-corrected chi connectivity index (χ4v) is 4.52. The van der Waals surface area contributed by atoms with Crippen molar-refractivity contribution in [1.29, 1.82) is 0 Å². The fourth-order valence-electron chi connectivity index (χ4n) is 2.64. The van der Waals surface area contributed by atoms with Crippen LogP contribution in [0.1, 0.15) is 16.7 Å². The quantitative estimate of drug-likeness (QED) is 0.838. The maximum absolute atomic E-state index is 12.5. The van der Waals surface area contributed by atoms with Crippen LogP contribution in [0.25, 0.3) is 0 Å². The van der Waals surface area contributed by atoms with Crippen LogP contribution in [0.2, 0.25) is 0 Å². The number of halogens is 1. The summed E-state index contributed by atoms with van der Waals surface area (Å²) in [5, 5.41) is 3.06. The average molecular weight is 362 g/mol. The van der Waals surface area contributed by atoms with Crippen molar-refractivity contribution in [3.63, 3.8) is 0 Å². The molecule has 108 valence electrons. The van der Waals surface area contributed by atoms with Gasteiger partial charge in [-0.05, 0) is 55.2 Å². The molecule has 0 bridgehead atoms. The smallest absolute Gasteiger partial charge is 0.238 e. The fraction of sp³-hybridized carbons (Fsp3) is 0.235. The molecule has 4 heteroatoms. The molecule has 0 saturated heterocycles. The second-order valence-corrected chi connectivity index (χ2v) is 7.48. The van der Waals surface area contributed by atoms with Crippen LogP contribution in [0, 0.1) is 13.8 Å². The zero-order valence-electron chi connectivity index (χ0n) is 11.9. The number of rotatable bonds is 2. The van der Waals surface area contributed by atoms with E-state index < -0.39 is 0 Å². The lowest BCUT2D eigenvalue weighted by Gasteiger charge is -2.15. The van der Waals surface area contributed by atoms with Crippen molar-refractivity contribution in [3.05, 3.63) is 57.6 Å². The second kappa shape index (κ2) is 5.85. The maximum atomic E-state index is 12.5. The molecule has 1 unspecified atom stereocenters. The van der Waals surface area contributed by atoms with Gasteiger partial charge in [-0.3, -0.25) is 4.79 Å². The van der Waals surface area contributed by atoms with E-state index in [4.69, 9.17) is 0 Å². The van der Waals surface area contributed by atoms with Gasteiger partial charge < -0.3 is 5.32 Å². The molecule has 21 heavy (non-hydrogen) atoms. The largest absolute Gasteiger partial charge is 0.325 e. The summed E-state index contributed by atoms with van der Waals surface area (Å²) >= 11 is 5.14. The topological polar surface area (TPSA) is 29.1 Å². The summed E-state index contributed by atoms with van der Waals surface area (Å²) in [6.07, 6.45) is 0.807. The van der Waals surface area contributed by atoms with Crippen LogP contribution in [-0.4, -0.2) is 11.2 Å². The second-order valence-electron chi connectivity index (χ2n) is 5.32. The van der Waals surface area contributed by atoms with Gasteiger partial charge in [0.1, 0.15) is 0 Å². The third kappa shape index (κ3) is 3.01. The van der Waals surface area contributed by atoms with Crippen molar-refractivity contribution in [2.45, 2.75) is 30.4 Å². The zero-order chi connectivity index (χ0) is 15.0. The number of hydrogen-bond donors (Lipinski definition) is 1. The Morgan fingerprint density at radius 1 is 1.24 bits per heavy atom. The number of hydrogen-bond acceptors (Lipinski definition) is 2. The predicted octanol–water partition coefficient (Wildman–Crippen LogP) is 4.72. The van der Waals surface area contributed by atoms with Crippen LogP contribution in [0.4, 0.5) is 5.69 Å². The number of thioether (sulfide) groups is 1. The first-order valence-electron chi connectivity index (χ1n) is 6.87. The molecular weight excluding hydrogens is 346 g/mol. The summed E-state index contributed by atoms with van der Waals surface area (Å²) in [7, 11) is 0. The highest BCUT2D eigenvalue weighted by Gasteiger charge is 2.28. The number of fused-ring (bicyclic) bond motifs is 1. The summed E-state index contributed by atoms with van der Waals surface area (Å²) < 4.78 is 1.04. The molecule has 1 atom stereocenters. The maximum Gasteiger partial charge on any atom is 0.238 e. The average Bonchev–Trinajstić information content (AvgIpc) is 2.86. The van der Waals surface area contributed by atoms with Crippen molar-refractivity contribution in [1.82, 2.24) is 0 Å². The molecule has 3 rings (SSSR count). The van der Waals surface area contributed by atoms with Crippen molar-refractivity contribution >= 4 is 39.3 Å². The van der Waals surface area contributed by atoms with E-state index in [9.17, 15) is 4.79 Å². The first-order chi connectivity index (χ1) is 10.0. The first-order valence-corrected chi connectivity index (χ1v) is 8.54. The van der Waals surface area contributed by atoms with E-state index in [-0.39, 0.29) is 11.2 Å². The van der Waals surface area contributed by atoms with Gasteiger partial charge in [0.15, 0.2) is 0 Å². The Labute approximate surface area is 137 Å². The van der Waals surface area contributed by atoms with E-state index in [0.29, 0.717) is 0 Å². The number of benzene rings is 2. The van der Waals surface area contributed by atoms with Crippen LogP contribution in [0.15, 0.2) is 45.8 Å². The van der Waals surface area contributed by atoms with Crippen LogP contribution in [-0.2, 0) is 11.2 Å². The van der Waals surface area contributed by atoms with Crippen LogP contribution in [0.3, 0.4) is 0 Å². The van der Waals surface area contributed by atoms with Crippen molar-refractivity contribution in [2.24, 2.45) is 0 Å². The highest BCUT2D eigenvalue weighted by Crippen LogP contribution is 2.37.